The molecule has 1 N–H and O–H groups in total. The Bertz CT molecular complexity index is 1330. The van der Waals surface area contributed by atoms with Gasteiger partial charge in [0.1, 0.15) is 6.07 Å². The number of hydrogen-bond donors (Lipinski definition) is 1. The van der Waals surface area contributed by atoms with E-state index in [1.54, 1.807) is 24.3 Å². The Balaban J connectivity index is 1.48. The quantitative estimate of drug-likeness (QED) is 0.438. The molecule has 1 amide bonds. The molecular formula is C27H27F3N4O3. The van der Waals surface area contributed by atoms with Gasteiger partial charge in [0, 0.05) is 35.9 Å². The standard InChI is InChI=1S/C27H27F3N4O3/c1-17(27(28,29)30)37-26(35)32-19-7-5-18(6-8-19)25-23(16-31)22-15-21(33-11-13-36-14-12-33)9-10-24(22)34(25)20-3-2-4-20/h5-10,15,17,20H,2-4,11-14H2,1H3,(H,32,35)/t17-/m1/s1. The number of nitrogens with zero attached hydrogens (tertiary/aromatic N) is 3. The topological polar surface area (TPSA) is 79.5 Å². The van der Waals surface area contributed by atoms with Crippen LogP contribution in [0.3, 0.4) is 0 Å². The maximum Gasteiger partial charge on any atom is 0.425 e. The molecule has 194 valence electrons. The summed E-state index contributed by atoms with van der Waals surface area (Å²) in [4.78, 5) is 14.2. The van der Waals surface area contributed by atoms with Crippen molar-refractivity contribution in [2.24, 2.45) is 0 Å². The molecule has 1 atom stereocenters. The van der Waals surface area contributed by atoms with Crippen LogP contribution in [-0.4, -0.2) is 49.2 Å². The molecule has 1 aromatic heterocycles. The minimum absolute atomic E-state index is 0.283. The van der Waals surface area contributed by atoms with Gasteiger partial charge >= 0.3 is 12.3 Å². The van der Waals surface area contributed by atoms with Gasteiger partial charge in [-0.25, -0.2) is 4.79 Å². The highest BCUT2D eigenvalue weighted by Crippen LogP contribution is 2.43. The van der Waals surface area contributed by atoms with Crippen LogP contribution < -0.4 is 10.2 Å². The fourth-order valence-electron chi connectivity index (χ4n) is 4.83. The Labute approximate surface area is 212 Å². The summed E-state index contributed by atoms with van der Waals surface area (Å²) in [5.74, 6) is 0. The van der Waals surface area contributed by atoms with Crippen molar-refractivity contribution < 1.29 is 27.4 Å². The number of ether oxygens (including phenoxy) is 2. The first-order chi connectivity index (χ1) is 17.8. The van der Waals surface area contributed by atoms with Crippen molar-refractivity contribution in [3.8, 4) is 17.3 Å². The smallest absolute Gasteiger partial charge is 0.425 e. The first-order valence-electron chi connectivity index (χ1n) is 12.3. The summed E-state index contributed by atoms with van der Waals surface area (Å²) in [7, 11) is 0. The van der Waals surface area contributed by atoms with E-state index in [4.69, 9.17) is 4.74 Å². The molecule has 0 spiro atoms. The van der Waals surface area contributed by atoms with Crippen LogP contribution in [0.1, 0.15) is 37.8 Å². The van der Waals surface area contributed by atoms with E-state index < -0.39 is 18.4 Å². The van der Waals surface area contributed by atoms with E-state index in [1.807, 2.05) is 0 Å². The fourth-order valence-corrected chi connectivity index (χ4v) is 4.83. The number of carbonyl (C=O) groups excluding carboxylic acids is 1. The molecule has 1 aliphatic heterocycles. The lowest BCUT2D eigenvalue weighted by atomic mass is 9.92. The molecule has 0 unspecified atom stereocenters. The minimum atomic E-state index is -4.63. The van der Waals surface area contributed by atoms with Crippen LogP contribution in [0.15, 0.2) is 42.5 Å². The predicted molar refractivity (Wildman–Crippen MR) is 134 cm³/mol. The van der Waals surface area contributed by atoms with E-state index in [1.165, 1.54) is 0 Å². The molecule has 2 heterocycles. The normalized spacial score (nSPS) is 17.2. The number of nitriles is 1. The number of carbonyl (C=O) groups is 1. The van der Waals surface area contributed by atoms with Gasteiger partial charge in [0.15, 0.2) is 6.10 Å². The van der Waals surface area contributed by atoms with Gasteiger partial charge in [-0.15, -0.1) is 0 Å². The lowest BCUT2D eigenvalue weighted by molar-refractivity contribution is -0.196. The Morgan fingerprint density at radius 1 is 1.16 bits per heavy atom. The van der Waals surface area contributed by atoms with Crippen molar-refractivity contribution in [2.75, 3.05) is 36.5 Å². The molecule has 7 nitrogen and oxygen atoms in total. The average molecular weight is 513 g/mol. The number of fused-ring (bicyclic) bond motifs is 1. The number of alkyl halides is 3. The molecule has 2 aromatic carbocycles. The van der Waals surface area contributed by atoms with Gasteiger partial charge in [-0.2, -0.15) is 18.4 Å². The molecule has 1 aliphatic carbocycles. The van der Waals surface area contributed by atoms with Crippen LogP contribution in [0.4, 0.5) is 29.3 Å². The zero-order chi connectivity index (χ0) is 26.2. The fraction of sp³-hybridized carbons (Fsp3) is 0.407. The largest absolute Gasteiger partial charge is 0.437 e. The van der Waals surface area contributed by atoms with Crippen LogP contribution >= 0.6 is 0 Å². The number of rotatable bonds is 5. The van der Waals surface area contributed by atoms with Crippen molar-refractivity contribution in [1.29, 1.82) is 5.26 Å². The molecule has 10 heteroatoms. The highest BCUT2D eigenvalue weighted by atomic mass is 19.4. The molecular weight excluding hydrogens is 485 g/mol. The number of morpholine rings is 1. The van der Waals surface area contributed by atoms with Crippen molar-refractivity contribution in [3.05, 3.63) is 48.0 Å². The van der Waals surface area contributed by atoms with Crippen LogP contribution in [-0.2, 0) is 9.47 Å². The second kappa shape index (κ2) is 9.98. The van der Waals surface area contributed by atoms with Crippen LogP contribution in [0.25, 0.3) is 22.2 Å². The van der Waals surface area contributed by atoms with Gasteiger partial charge in [0.2, 0.25) is 0 Å². The summed E-state index contributed by atoms with van der Waals surface area (Å²) in [5, 5.41) is 13.4. The monoisotopic (exact) mass is 512 g/mol. The molecule has 2 fully saturated rings. The molecule has 1 saturated heterocycles. The first kappa shape index (κ1) is 25.0. The number of halogens is 3. The SMILES string of the molecule is C[C@@H](OC(=O)Nc1ccc(-c2c(C#N)c3cc(N4CCOCC4)ccc3n2C2CCC2)cc1)C(F)(F)F. The van der Waals surface area contributed by atoms with Crippen LogP contribution in [0.5, 0.6) is 0 Å². The van der Waals surface area contributed by atoms with Crippen LogP contribution in [0, 0.1) is 11.3 Å². The van der Waals surface area contributed by atoms with Crippen molar-refractivity contribution >= 4 is 28.4 Å². The van der Waals surface area contributed by atoms with E-state index in [0.717, 1.165) is 67.1 Å². The van der Waals surface area contributed by atoms with Gasteiger partial charge in [-0.05, 0) is 62.1 Å². The Morgan fingerprint density at radius 3 is 2.46 bits per heavy atom. The molecule has 3 aromatic rings. The summed E-state index contributed by atoms with van der Waals surface area (Å²) < 4.78 is 50.1. The molecule has 37 heavy (non-hydrogen) atoms. The lowest BCUT2D eigenvalue weighted by Crippen LogP contribution is -2.36. The minimum Gasteiger partial charge on any atom is -0.437 e. The van der Waals surface area contributed by atoms with E-state index in [-0.39, 0.29) is 6.04 Å². The number of amides is 1. The maximum atomic E-state index is 12.7. The maximum absolute atomic E-state index is 12.7. The Kier molecular flexibility index (Phi) is 6.73. The zero-order valence-electron chi connectivity index (χ0n) is 20.3. The molecule has 2 aliphatic rings. The van der Waals surface area contributed by atoms with Crippen molar-refractivity contribution in [3.63, 3.8) is 0 Å². The second-order valence-corrected chi connectivity index (χ2v) is 9.38. The molecule has 0 bridgehead atoms. The van der Waals surface area contributed by atoms with E-state index in [0.29, 0.717) is 24.5 Å². The van der Waals surface area contributed by atoms with Gasteiger partial charge < -0.3 is 18.9 Å². The summed E-state index contributed by atoms with van der Waals surface area (Å²) in [6, 6.07) is 15.7. The summed E-state index contributed by atoms with van der Waals surface area (Å²) >= 11 is 0. The third-order valence-electron chi connectivity index (χ3n) is 7.06. The number of aromatic nitrogens is 1. The van der Waals surface area contributed by atoms with E-state index in [9.17, 15) is 23.2 Å². The van der Waals surface area contributed by atoms with Gasteiger partial charge in [-0.1, -0.05) is 12.1 Å². The predicted octanol–water partition coefficient (Wildman–Crippen LogP) is 6.24. The highest BCUT2D eigenvalue weighted by Gasteiger charge is 2.39. The number of nitrogens with one attached hydrogen (secondary N) is 1. The summed E-state index contributed by atoms with van der Waals surface area (Å²) in [6.45, 7) is 3.70. The zero-order valence-corrected chi connectivity index (χ0v) is 20.3. The number of hydrogen-bond acceptors (Lipinski definition) is 5. The van der Waals surface area contributed by atoms with Gasteiger partial charge in [0.25, 0.3) is 0 Å². The molecule has 0 radical (unpaired) electrons. The lowest BCUT2D eigenvalue weighted by Gasteiger charge is -2.31. The second-order valence-electron chi connectivity index (χ2n) is 9.38. The van der Waals surface area contributed by atoms with Crippen LogP contribution in [0.2, 0.25) is 0 Å². The van der Waals surface area contributed by atoms with Gasteiger partial charge in [-0.3, -0.25) is 5.32 Å². The first-order valence-corrected chi connectivity index (χ1v) is 12.3. The summed E-state index contributed by atoms with van der Waals surface area (Å²) in [5.41, 5.74) is 4.52. The Hall–Kier alpha value is -3.71. The van der Waals surface area contributed by atoms with E-state index >= 15 is 0 Å². The average Bonchev–Trinajstić information content (AvgIpc) is 3.16. The van der Waals surface area contributed by atoms with Gasteiger partial charge in [0.05, 0.1) is 30.0 Å². The van der Waals surface area contributed by atoms with E-state index in [2.05, 4.69) is 43.8 Å². The highest BCUT2D eigenvalue weighted by molar-refractivity contribution is 5.97. The van der Waals surface area contributed by atoms with Crippen molar-refractivity contribution in [2.45, 2.75) is 44.5 Å². The molecule has 1 saturated carbocycles. The molecule has 5 rings (SSSR count). The van der Waals surface area contributed by atoms with Crippen molar-refractivity contribution in [1.82, 2.24) is 4.57 Å². The number of anilines is 2. The summed E-state index contributed by atoms with van der Waals surface area (Å²) in [6.07, 6.45) is -4.87. The number of benzene rings is 2. The Morgan fingerprint density at radius 2 is 1.86 bits per heavy atom. The third-order valence-corrected chi connectivity index (χ3v) is 7.06. The third kappa shape index (κ3) is 4.96.